The molecule has 118 valence electrons. The monoisotopic (exact) mass is 364 g/mol. The van der Waals surface area contributed by atoms with Gasteiger partial charge in [-0.1, -0.05) is 6.92 Å². The smallest absolute Gasteiger partial charge is 0.365 e. The number of benzene rings is 1. The first-order chi connectivity index (χ1) is 9.66. The van der Waals surface area contributed by atoms with Crippen LogP contribution in [0, 0.1) is 0 Å². The molecule has 0 bridgehead atoms. The van der Waals surface area contributed by atoms with E-state index >= 15 is 0 Å². The summed E-state index contributed by atoms with van der Waals surface area (Å²) >= 11 is 3.39. The number of hydrogen-bond donors (Lipinski definition) is 1. The van der Waals surface area contributed by atoms with Gasteiger partial charge < -0.3 is 10.2 Å². The Morgan fingerprint density at radius 1 is 1.43 bits per heavy atom. The number of rotatable bonds is 2. The molecule has 21 heavy (non-hydrogen) atoms. The summed E-state index contributed by atoms with van der Waals surface area (Å²) in [6.45, 7) is 7.66. The summed E-state index contributed by atoms with van der Waals surface area (Å²) in [6.07, 6.45) is -3.40. The highest BCUT2D eigenvalue weighted by atomic mass is 79.9. The maximum atomic E-state index is 12.9. The van der Waals surface area contributed by atoms with Crippen molar-refractivity contribution in [1.82, 2.24) is 5.32 Å². The Kier molecular flexibility index (Phi) is 4.59. The van der Waals surface area contributed by atoms with Crippen LogP contribution in [0.3, 0.4) is 0 Å². The predicted octanol–water partition coefficient (Wildman–Crippen LogP) is 4.43. The maximum absolute atomic E-state index is 12.9. The van der Waals surface area contributed by atoms with Crippen molar-refractivity contribution >= 4 is 21.6 Å². The fourth-order valence-electron chi connectivity index (χ4n) is 2.56. The molecular weight excluding hydrogens is 345 g/mol. The second-order valence-electron chi connectivity index (χ2n) is 5.94. The van der Waals surface area contributed by atoms with Crippen molar-refractivity contribution in [3.05, 3.63) is 28.2 Å². The molecule has 0 saturated carbocycles. The third-order valence-corrected chi connectivity index (χ3v) is 4.91. The van der Waals surface area contributed by atoms with Crippen molar-refractivity contribution < 1.29 is 13.2 Å². The van der Waals surface area contributed by atoms with Gasteiger partial charge in [-0.05, 0) is 54.4 Å². The van der Waals surface area contributed by atoms with Gasteiger partial charge >= 0.3 is 6.18 Å². The van der Waals surface area contributed by atoms with Crippen LogP contribution in [0.4, 0.5) is 18.9 Å². The summed E-state index contributed by atoms with van der Waals surface area (Å²) in [5.41, 5.74) is -0.0802. The lowest BCUT2D eigenvalue weighted by Crippen LogP contribution is -2.62. The Labute approximate surface area is 131 Å². The minimum Gasteiger partial charge on any atom is -0.365 e. The molecule has 2 atom stereocenters. The van der Waals surface area contributed by atoms with E-state index in [0.29, 0.717) is 16.7 Å². The topological polar surface area (TPSA) is 15.3 Å². The standard InChI is InChI=1S/C15H20BrF3N2/c1-4-14(3)9-21(10(2)8-20-14)13-7-11(15(17,18)19)5-6-12(13)16/h5-7,10,20H,4,8-9H2,1-3H3. The number of nitrogens with zero attached hydrogens (tertiary/aromatic N) is 1. The summed E-state index contributed by atoms with van der Waals surface area (Å²) in [7, 11) is 0. The van der Waals surface area contributed by atoms with Crippen molar-refractivity contribution in [3.8, 4) is 0 Å². The fourth-order valence-corrected chi connectivity index (χ4v) is 3.03. The second kappa shape index (κ2) is 5.80. The molecule has 1 fully saturated rings. The molecule has 1 N–H and O–H groups in total. The molecule has 1 aliphatic heterocycles. The zero-order valence-corrected chi connectivity index (χ0v) is 14.0. The van der Waals surface area contributed by atoms with Crippen LogP contribution in [0.25, 0.3) is 0 Å². The molecule has 2 unspecified atom stereocenters. The van der Waals surface area contributed by atoms with E-state index < -0.39 is 11.7 Å². The number of alkyl halides is 3. The number of anilines is 1. The van der Waals surface area contributed by atoms with Gasteiger partial charge in [0, 0.05) is 29.1 Å². The molecule has 6 heteroatoms. The molecule has 0 radical (unpaired) electrons. The van der Waals surface area contributed by atoms with Gasteiger partial charge in [-0.3, -0.25) is 0 Å². The number of hydrogen-bond acceptors (Lipinski definition) is 2. The van der Waals surface area contributed by atoms with Crippen molar-refractivity contribution in [1.29, 1.82) is 0 Å². The van der Waals surface area contributed by atoms with Gasteiger partial charge in [-0.2, -0.15) is 13.2 Å². The third-order valence-electron chi connectivity index (χ3n) is 4.24. The van der Waals surface area contributed by atoms with E-state index in [0.717, 1.165) is 19.0 Å². The quantitative estimate of drug-likeness (QED) is 0.834. The molecule has 1 aliphatic rings. The van der Waals surface area contributed by atoms with E-state index in [2.05, 4.69) is 40.0 Å². The van der Waals surface area contributed by atoms with E-state index in [1.54, 1.807) is 0 Å². The van der Waals surface area contributed by atoms with Gasteiger partial charge in [0.25, 0.3) is 0 Å². The van der Waals surface area contributed by atoms with Gasteiger partial charge in [-0.25, -0.2) is 0 Å². The van der Waals surface area contributed by atoms with Crippen molar-refractivity contribution in [2.75, 3.05) is 18.0 Å². The Bertz CT molecular complexity index is 518. The molecule has 1 heterocycles. The van der Waals surface area contributed by atoms with Crippen LogP contribution in [-0.4, -0.2) is 24.7 Å². The van der Waals surface area contributed by atoms with Gasteiger partial charge in [0.2, 0.25) is 0 Å². The maximum Gasteiger partial charge on any atom is 0.416 e. The fraction of sp³-hybridized carbons (Fsp3) is 0.600. The predicted molar refractivity (Wildman–Crippen MR) is 82.7 cm³/mol. The van der Waals surface area contributed by atoms with Gasteiger partial charge in [0.15, 0.2) is 0 Å². The number of halogens is 4. The Morgan fingerprint density at radius 3 is 2.67 bits per heavy atom. The molecule has 0 aliphatic carbocycles. The highest BCUT2D eigenvalue weighted by Crippen LogP contribution is 2.37. The van der Waals surface area contributed by atoms with E-state index in [-0.39, 0.29) is 11.6 Å². The van der Waals surface area contributed by atoms with Crippen molar-refractivity contribution in [2.24, 2.45) is 0 Å². The van der Waals surface area contributed by atoms with Crippen LogP contribution < -0.4 is 10.2 Å². The second-order valence-corrected chi connectivity index (χ2v) is 6.79. The van der Waals surface area contributed by atoms with Crippen molar-refractivity contribution in [3.63, 3.8) is 0 Å². The summed E-state index contributed by atoms with van der Waals surface area (Å²) in [5, 5.41) is 3.48. The normalized spacial score (nSPS) is 27.0. The first-order valence-electron chi connectivity index (χ1n) is 7.05. The molecule has 1 saturated heterocycles. The molecule has 0 amide bonds. The molecule has 0 spiro atoms. The summed E-state index contributed by atoms with van der Waals surface area (Å²) in [5.74, 6) is 0. The molecule has 1 aromatic rings. The number of nitrogens with one attached hydrogen (secondary N) is 1. The van der Waals surface area contributed by atoms with Crippen molar-refractivity contribution in [2.45, 2.75) is 44.9 Å². The largest absolute Gasteiger partial charge is 0.416 e. The highest BCUT2D eigenvalue weighted by Gasteiger charge is 2.35. The van der Waals surface area contributed by atoms with Crippen LogP contribution in [0.15, 0.2) is 22.7 Å². The van der Waals surface area contributed by atoms with Crippen LogP contribution in [-0.2, 0) is 6.18 Å². The minimum atomic E-state index is -4.32. The Balaban J connectivity index is 2.39. The zero-order valence-electron chi connectivity index (χ0n) is 12.4. The molecule has 2 rings (SSSR count). The number of piperazine rings is 1. The van der Waals surface area contributed by atoms with Gasteiger partial charge in [0.05, 0.1) is 11.3 Å². The molecular formula is C15H20BrF3N2. The van der Waals surface area contributed by atoms with Gasteiger partial charge in [-0.15, -0.1) is 0 Å². The van der Waals surface area contributed by atoms with Crippen LogP contribution in [0.5, 0.6) is 0 Å². The average molecular weight is 365 g/mol. The summed E-state index contributed by atoms with van der Waals surface area (Å²) in [4.78, 5) is 2.05. The highest BCUT2D eigenvalue weighted by molar-refractivity contribution is 9.10. The molecule has 0 aromatic heterocycles. The van der Waals surface area contributed by atoms with E-state index in [1.165, 1.54) is 12.1 Å². The Hall–Kier alpha value is -0.750. The zero-order chi connectivity index (χ0) is 15.8. The molecule has 2 nitrogen and oxygen atoms in total. The van der Waals surface area contributed by atoms with Crippen LogP contribution in [0.2, 0.25) is 0 Å². The van der Waals surface area contributed by atoms with Crippen LogP contribution in [0.1, 0.15) is 32.8 Å². The first kappa shape index (κ1) is 16.6. The Morgan fingerprint density at radius 2 is 2.10 bits per heavy atom. The first-order valence-corrected chi connectivity index (χ1v) is 7.84. The van der Waals surface area contributed by atoms with E-state index in [9.17, 15) is 13.2 Å². The van der Waals surface area contributed by atoms with E-state index in [4.69, 9.17) is 0 Å². The lowest BCUT2D eigenvalue weighted by molar-refractivity contribution is -0.137. The summed E-state index contributed by atoms with van der Waals surface area (Å²) < 4.78 is 39.5. The third kappa shape index (κ3) is 3.54. The SMILES string of the molecule is CCC1(C)CN(c2cc(C(F)(F)F)ccc2Br)C(C)CN1. The van der Waals surface area contributed by atoms with E-state index in [1.807, 2.05) is 6.92 Å². The lowest BCUT2D eigenvalue weighted by atomic mass is 9.93. The summed E-state index contributed by atoms with van der Waals surface area (Å²) in [6, 6.07) is 3.97. The van der Waals surface area contributed by atoms with Gasteiger partial charge in [0.1, 0.15) is 0 Å². The van der Waals surface area contributed by atoms with Crippen LogP contribution >= 0.6 is 15.9 Å². The lowest BCUT2D eigenvalue weighted by Gasteiger charge is -2.46. The molecule has 1 aromatic carbocycles. The average Bonchev–Trinajstić information content (AvgIpc) is 2.41. The minimum absolute atomic E-state index is 0.0831.